The van der Waals surface area contributed by atoms with E-state index in [1.54, 1.807) is 25.3 Å². The zero-order valence-corrected chi connectivity index (χ0v) is 8.10. The van der Waals surface area contributed by atoms with Gasteiger partial charge in [0.15, 0.2) is 0 Å². The van der Waals surface area contributed by atoms with E-state index in [9.17, 15) is 5.11 Å². The van der Waals surface area contributed by atoms with Gasteiger partial charge in [-0.15, -0.1) is 0 Å². The van der Waals surface area contributed by atoms with E-state index in [0.29, 0.717) is 12.2 Å². The molecule has 76 valence electrons. The van der Waals surface area contributed by atoms with Crippen molar-refractivity contribution in [1.29, 1.82) is 0 Å². The van der Waals surface area contributed by atoms with Crippen LogP contribution < -0.4 is 0 Å². The Hall–Kier alpha value is -1.32. The largest absolute Gasteiger partial charge is 0.508 e. The van der Waals surface area contributed by atoms with Crippen LogP contribution in [-0.2, 0) is 11.3 Å². The fourth-order valence-electron chi connectivity index (χ4n) is 1.12. The summed E-state index contributed by atoms with van der Waals surface area (Å²) in [6.07, 6.45) is 3.75. The summed E-state index contributed by atoms with van der Waals surface area (Å²) in [5.74, 6) is 0.122. The van der Waals surface area contributed by atoms with Crippen LogP contribution in [0.2, 0.25) is 0 Å². The summed E-state index contributed by atoms with van der Waals surface area (Å²) in [4.78, 5) is 0. The first kappa shape index (κ1) is 10.8. The van der Waals surface area contributed by atoms with Crippen molar-refractivity contribution in [2.45, 2.75) is 6.61 Å². The summed E-state index contributed by atoms with van der Waals surface area (Å²) >= 11 is 0. The zero-order chi connectivity index (χ0) is 10.4. The molecule has 0 heterocycles. The molecule has 0 aromatic heterocycles. The van der Waals surface area contributed by atoms with Gasteiger partial charge in [-0.25, -0.2) is 0 Å². The van der Waals surface area contributed by atoms with Gasteiger partial charge in [0, 0.05) is 12.7 Å². The highest BCUT2D eigenvalue weighted by molar-refractivity contribution is 5.53. The molecule has 0 aliphatic heterocycles. The van der Waals surface area contributed by atoms with Crippen LogP contribution in [0.25, 0.3) is 6.08 Å². The Morgan fingerprint density at radius 1 is 1.43 bits per heavy atom. The van der Waals surface area contributed by atoms with Gasteiger partial charge in [0.25, 0.3) is 0 Å². The van der Waals surface area contributed by atoms with Crippen LogP contribution in [0.5, 0.6) is 5.75 Å². The molecule has 1 rings (SSSR count). The van der Waals surface area contributed by atoms with Crippen LogP contribution in [0.4, 0.5) is 0 Å². The summed E-state index contributed by atoms with van der Waals surface area (Å²) in [6.45, 7) is 0.396. The van der Waals surface area contributed by atoms with E-state index in [2.05, 4.69) is 0 Å². The maximum atomic E-state index is 9.30. The second-order valence-corrected chi connectivity index (χ2v) is 2.90. The van der Waals surface area contributed by atoms with Crippen molar-refractivity contribution >= 4 is 6.08 Å². The predicted molar refractivity (Wildman–Crippen MR) is 54.9 cm³/mol. The molecule has 2 N–H and O–H groups in total. The molecule has 0 bridgehead atoms. The fraction of sp³-hybridized carbons (Fsp3) is 0.273. The Kier molecular flexibility index (Phi) is 4.16. The minimum absolute atomic E-state index is 0.122. The Morgan fingerprint density at radius 2 is 2.21 bits per heavy atom. The second-order valence-electron chi connectivity index (χ2n) is 2.90. The van der Waals surface area contributed by atoms with Gasteiger partial charge in [-0.2, -0.15) is 0 Å². The number of ether oxygens (including phenoxy) is 1. The van der Waals surface area contributed by atoms with E-state index in [-0.39, 0.29) is 12.4 Å². The lowest BCUT2D eigenvalue weighted by Gasteiger charge is -2.01. The van der Waals surface area contributed by atoms with E-state index in [0.717, 1.165) is 5.56 Å². The zero-order valence-electron chi connectivity index (χ0n) is 8.10. The minimum Gasteiger partial charge on any atom is -0.508 e. The average molecular weight is 194 g/mol. The molecule has 1 aromatic carbocycles. The van der Waals surface area contributed by atoms with Crippen molar-refractivity contribution in [3.63, 3.8) is 0 Å². The van der Waals surface area contributed by atoms with E-state index >= 15 is 0 Å². The lowest BCUT2D eigenvalue weighted by atomic mass is 10.1. The summed E-state index contributed by atoms with van der Waals surface area (Å²) in [5.41, 5.74) is 1.47. The molecule has 1 aromatic rings. The Bertz CT molecular complexity index is 318. The van der Waals surface area contributed by atoms with Gasteiger partial charge in [0.2, 0.25) is 0 Å². The Labute approximate surface area is 83.3 Å². The van der Waals surface area contributed by atoms with E-state index in [1.807, 2.05) is 12.2 Å². The SMILES string of the molecule is COC/C=C/c1ccc(O)c(CO)c1. The third kappa shape index (κ3) is 2.87. The molecular weight excluding hydrogens is 180 g/mol. The Morgan fingerprint density at radius 3 is 2.86 bits per heavy atom. The van der Waals surface area contributed by atoms with Gasteiger partial charge < -0.3 is 14.9 Å². The number of methoxy groups -OCH3 is 1. The van der Waals surface area contributed by atoms with Gasteiger partial charge >= 0.3 is 0 Å². The van der Waals surface area contributed by atoms with Crippen molar-refractivity contribution in [1.82, 2.24) is 0 Å². The highest BCUT2D eigenvalue weighted by Gasteiger charge is 1.98. The van der Waals surface area contributed by atoms with Crippen LogP contribution in [0.3, 0.4) is 0 Å². The molecule has 0 unspecified atom stereocenters. The lowest BCUT2D eigenvalue weighted by Crippen LogP contribution is -1.86. The smallest absolute Gasteiger partial charge is 0.121 e. The van der Waals surface area contributed by atoms with Gasteiger partial charge in [0.1, 0.15) is 5.75 Å². The first-order valence-electron chi connectivity index (χ1n) is 4.36. The number of aliphatic hydroxyl groups excluding tert-OH is 1. The van der Waals surface area contributed by atoms with Crippen molar-refractivity contribution in [2.24, 2.45) is 0 Å². The van der Waals surface area contributed by atoms with Crippen LogP contribution in [-0.4, -0.2) is 23.9 Å². The first-order chi connectivity index (χ1) is 6.77. The van der Waals surface area contributed by atoms with Gasteiger partial charge in [-0.05, 0) is 17.7 Å². The first-order valence-corrected chi connectivity index (χ1v) is 4.36. The molecule has 0 saturated carbocycles. The minimum atomic E-state index is -0.155. The second kappa shape index (κ2) is 5.42. The molecule has 0 amide bonds. The monoisotopic (exact) mass is 194 g/mol. The summed E-state index contributed by atoms with van der Waals surface area (Å²) in [7, 11) is 1.63. The average Bonchev–Trinajstić information content (AvgIpc) is 2.21. The van der Waals surface area contributed by atoms with Crippen LogP contribution >= 0.6 is 0 Å². The quantitative estimate of drug-likeness (QED) is 0.764. The summed E-state index contributed by atoms with van der Waals surface area (Å²) in [5, 5.41) is 18.2. The normalized spacial score (nSPS) is 11.0. The highest BCUT2D eigenvalue weighted by Crippen LogP contribution is 2.18. The lowest BCUT2D eigenvalue weighted by molar-refractivity contribution is 0.234. The number of phenols is 1. The third-order valence-electron chi connectivity index (χ3n) is 1.85. The maximum absolute atomic E-state index is 9.30. The van der Waals surface area contributed by atoms with Crippen LogP contribution in [0.1, 0.15) is 11.1 Å². The topological polar surface area (TPSA) is 49.7 Å². The Balaban J connectivity index is 2.79. The molecular formula is C11H14O3. The van der Waals surface area contributed by atoms with Crippen LogP contribution in [0, 0.1) is 0 Å². The third-order valence-corrected chi connectivity index (χ3v) is 1.85. The molecule has 0 aliphatic carbocycles. The molecule has 0 fully saturated rings. The molecule has 3 nitrogen and oxygen atoms in total. The molecule has 0 atom stereocenters. The molecule has 3 heteroatoms. The van der Waals surface area contributed by atoms with Gasteiger partial charge in [-0.1, -0.05) is 18.2 Å². The standard InChI is InChI=1S/C11H14O3/c1-14-6-2-3-9-4-5-11(13)10(7-9)8-12/h2-5,7,12-13H,6,8H2,1H3/b3-2+. The number of hydrogen-bond donors (Lipinski definition) is 2. The van der Waals surface area contributed by atoms with Crippen LogP contribution in [0.15, 0.2) is 24.3 Å². The number of aliphatic hydroxyl groups is 1. The highest BCUT2D eigenvalue weighted by atomic mass is 16.5. The maximum Gasteiger partial charge on any atom is 0.121 e. The van der Waals surface area contributed by atoms with Gasteiger partial charge in [-0.3, -0.25) is 0 Å². The van der Waals surface area contributed by atoms with E-state index in [4.69, 9.17) is 9.84 Å². The number of hydrogen-bond acceptors (Lipinski definition) is 3. The molecule has 0 saturated heterocycles. The summed E-state index contributed by atoms with van der Waals surface area (Å²) < 4.78 is 4.86. The van der Waals surface area contributed by atoms with E-state index in [1.165, 1.54) is 0 Å². The molecule has 0 aliphatic rings. The van der Waals surface area contributed by atoms with Crippen molar-refractivity contribution < 1.29 is 14.9 Å². The van der Waals surface area contributed by atoms with Crippen molar-refractivity contribution in [3.05, 3.63) is 35.4 Å². The number of benzene rings is 1. The van der Waals surface area contributed by atoms with Gasteiger partial charge in [0.05, 0.1) is 13.2 Å². The number of rotatable bonds is 4. The summed E-state index contributed by atoms with van der Waals surface area (Å²) in [6, 6.07) is 5.08. The molecule has 0 spiro atoms. The predicted octanol–water partition coefficient (Wildman–Crippen LogP) is 1.54. The molecule has 0 radical (unpaired) electrons. The fourth-order valence-corrected chi connectivity index (χ4v) is 1.12. The number of aromatic hydroxyl groups is 1. The van der Waals surface area contributed by atoms with Crippen molar-refractivity contribution in [2.75, 3.05) is 13.7 Å². The van der Waals surface area contributed by atoms with E-state index < -0.39 is 0 Å². The van der Waals surface area contributed by atoms with Crippen molar-refractivity contribution in [3.8, 4) is 5.75 Å². The molecule has 14 heavy (non-hydrogen) atoms.